The van der Waals surface area contributed by atoms with Crippen LogP contribution in [0, 0.1) is 10.1 Å². The number of nitrogens with one attached hydrogen (secondary N) is 1. The summed E-state index contributed by atoms with van der Waals surface area (Å²) in [7, 11) is -3.91. The number of ether oxygens (including phenoxy) is 1. The molecular weight excluding hydrogens is 346 g/mol. The van der Waals surface area contributed by atoms with Crippen LogP contribution in [-0.2, 0) is 14.8 Å². The maximum Gasteiger partial charge on any atom is 0.293 e. The second-order valence-electron chi connectivity index (χ2n) is 5.48. The molecular formula is C16H17N3O5S. The first-order valence-electron chi connectivity index (χ1n) is 7.66. The molecule has 2 aromatic rings. The van der Waals surface area contributed by atoms with Crippen molar-refractivity contribution < 1.29 is 18.1 Å². The maximum absolute atomic E-state index is 12.5. The Kier molecular flexibility index (Phi) is 4.86. The summed E-state index contributed by atoms with van der Waals surface area (Å²) in [5.41, 5.74) is 0.548. The van der Waals surface area contributed by atoms with Crippen molar-refractivity contribution in [1.29, 1.82) is 0 Å². The summed E-state index contributed by atoms with van der Waals surface area (Å²) in [5, 5.41) is 11.4. The normalized spacial score (nSPS) is 15.0. The fourth-order valence-electron chi connectivity index (χ4n) is 2.61. The van der Waals surface area contributed by atoms with Crippen LogP contribution in [0.15, 0.2) is 53.4 Å². The molecule has 132 valence electrons. The Labute approximate surface area is 145 Å². The zero-order chi connectivity index (χ0) is 17.9. The molecule has 0 amide bonds. The van der Waals surface area contributed by atoms with Crippen LogP contribution in [0.2, 0.25) is 0 Å². The molecule has 2 aromatic carbocycles. The molecule has 1 saturated heterocycles. The summed E-state index contributed by atoms with van der Waals surface area (Å²) in [5.74, 6) is 0. The Morgan fingerprint density at radius 3 is 2.40 bits per heavy atom. The standard InChI is InChI=1S/C16H17N3O5S/c20-19(21)16-12-14(6-7-15(16)18-8-10-24-11-9-18)25(22,23)17-13-4-2-1-3-5-13/h1-7,12,17H,8-11H2. The van der Waals surface area contributed by atoms with Crippen LogP contribution in [0.5, 0.6) is 0 Å². The van der Waals surface area contributed by atoms with Crippen LogP contribution in [-0.4, -0.2) is 39.6 Å². The van der Waals surface area contributed by atoms with Gasteiger partial charge in [-0.3, -0.25) is 14.8 Å². The van der Waals surface area contributed by atoms with Gasteiger partial charge in [0.05, 0.1) is 23.0 Å². The van der Waals surface area contributed by atoms with Crippen LogP contribution >= 0.6 is 0 Å². The Morgan fingerprint density at radius 1 is 1.08 bits per heavy atom. The lowest BCUT2D eigenvalue weighted by Gasteiger charge is -2.28. The van der Waals surface area contributed by atoms with Gasteiger partial charge < -0.3 is 9.64 Å². The predicted octanol–water partition coefficient (Wildman–Crippen LogP) is 2.23. The molecule has 1 N–H and O–H groups in total. The lowest BCUT2D eigenvalue weighted by atomic mass is 10.2. The third kappa shape index (κ3) is 3.89. The highest BCUT2D eigenvalue weighted by atomic mass is 32.2. The fourth-order valence-corrected chi connectivity index (χ4v) is 3.69. The SMILES string of the molecule is O=[N+]([O-])c1cc(S(=O)(=O)Nc2ccccc2)ccc1N1CCOCC1. The Morgan fingerprint density at radius 2 is 1.76 bits per heavy atom. The van der Waals surface area contributed by atoms with Crippen LogP contribution < -0.4 is 9.62 Å². The Hall–Kier alpha value is -2.65. The number of rotatable bonds is 5. The van der Waals surface area contributed by atoms with E-state index in [-0.39, 0.29) is 10.6 Å². The molecule has 0 aromatic heterocycles. The van der Waals surface area contributed by atoms with Crippen molar-refractivity contribution >= 4 is 27.1 Å². The lowest BCUT2D eigenvalue weighted by Crippen LogP contribution is -2.36. The van der Waals surface area contributed by atoms with E-state index in [4.69, 9.17) is 4.74 Å². The monoisotopic (exact) mass is 363 g/mol. The largest absolute Gasteiger partial charge is 0.378 e. The molecule has 0 saturated carbocycles. The number of hydrogen-bond donors (Lipinski definition) is 1. The van der Waals surface area contributed by atoms with Crippen molar-refractivity contribution in [2.24, 2.45) is 0 Å². The van der Waals surface area contributed by atoms with E-state index in [1.165, 1.54) is 12.1 Å². The number of morpholine rings is 1. The lowest BCUT2D eigenvalue weighted by molar-refractivity contribution is -0.384. The van der Waals surface area contributed by atoms with Gasteiger partial charge in [-0.1, -0.05) is 18.2 Å². The van der Waals surface area contributed by atoms with Gasteiger partial charge in [-0.25, -0.2) is 8.42 Å². The number of nitro groups is 1. The number of hydrogen-bond acceptors (Lipinski definition) is 6. The van der Waals surface area contributed by atoms with E-state index in [1.54, 1.807) is 30.3 Å². The van der Waals surface area contributed by atoms with Crippen molar-refractivity contribution in [3.63, 3.8) is 0 Å². The van der Waals surface area contributed by atoms with E-state index in [0.717, 1.165) is 6.07 Å². The summed E-state index contributed by atoms with van der Waals surface area (Å²) in [6.07, 6.45) is 0. The topological polar surface area (TPSA) is 102 Å². The number of nitrogens with zero attached hydrogens (tertiary/aromatic N) is 2. The number of sulfonamides is 1. The van der Waals surface area contributed by atoms with Gasteiger partial charge in [-0.15, -0.1) is 0 Å². The third-order valence-corrected chi connectivity index (χ3v) is 5.21. The van der Waals surface area contributed by atoms with E-state index in [2.05, 4.69) is 4.72 Å². The summed E-state index contributed by atoms with van der Waals surface area (Å²) >= 11 is 0. The molecule has 0 bridgehead atoms. The van der Waals surface area contributed by atoms with Crippen molar-refractivity contribution in [3.05, 3.63) is 58.6 Å². The van der Waals surface area contributed by atoms with E-state index in [0.29, 0.717) is 37.7 Å². The first kappa shape index (κ1) is 17.2. The average molecular weight is 363 g/mol. The first-order chi connectivity index (χ1) is 12.0. The minimum atomic E-state index is -3.91. The molecule has 25 heavy (non-hydrogen) atoms. The highest BCUT2D eigenvalue weighted by Crippen LogP contribution is 2.31. The molecule has 1 fully saturated rings. The molecule has 3 rings (SSSR count). The molecule has 0 unspecified atom stereocenters. The highest BCUT2D eigenvalue weighted by Gasteiger charge is 2.25. The van der Waals surface area contributed by atoms with Gasteiger partial charge in [0.2, 0.25) is 0 Å². The Balaban J connectivity index is 1.94. The predicted molar refractivity (Wildman–Crippen MR) is 93.4 cm³/mol. The molecule has 9 heteroatoms. The third-order valence-electron chi connectivity index (χ3n) is 3.83. The van der Waals surface area contributed by atoms with Gasteiger partial charge in [-0.2, -0.15) is 0 Å². The summed E-state index contributed by atoms with van der Waals surface area (Å²) in [4.78, 5) is 12.5. The maximum atomic E-state index is 12.5. The molecule has 1 aliphatic rings. The van der Waals surface area contributed by atoms with Crippen molar-refractivity contribution in [3.8, 4) is 0 Å². The highest BCUT2D eigenvalue weighted by molar-refractivity contribution is 7.92. The van der Waals surface area contributed by atoms with Gasteiger partial charge >= 0.3 is 0 Å². The molecule has 1 aliphatic heterocycles. The minimum Gasteiger partial charge on any atom is -0.378 e. The first-order valence-corrected chi connectivity index (χ1v) is 9.15. The zero-order valence-corrected chi connectivity index (χ0v) is 14.1. The van der Waals surface area contributed by atoms with Crippen molar-refractivity contribution in [2.45, 2.75) is 4.90 Å². The fraction of sp³-hybridized carbons (Fsp3) is 0.250. The van der Waals surface area contributed by atoms with E-state index < -0.39 is 14.9 Å². The van der Waals surface area contributed by atoms with Gasteiger partial charge in [0.1, 0.15) is 5.69 Å². The molecule has 0 atom stereocenters. The quantitative estimate of drug-likeness (QED) is 0.646. The van der Waals surface area contributed by atoms with Gasteiger partial charge in [0, 0.05) is 24.8 Å². The average Bonchev–Trinajstić information content (AvgIpc) is 2.62. The minimum absolute atomic E-state index is 0.153. The summed E-state index contributed by atoms with van der Waals surface area (Å²) < 4.78 is 32.7. The van der Waals surface area contributed by atoms with Crippen LogP contribution in [0.3, 0.4) is 0 Å². The number of nitro benzene ring substituents is 1. The Bertz CT molecular complexity index is 865. The van der Waals surface area contributed by atoms with Gasteiger partial charge in [0.25, 0.3) is 15.7 Å². The van der Waals surface area contributed by atoms with E-state index >= 15 is 0 Å². The van der Waals surface area contributed by atoms with Gasteiger partial charge in [-0.05, 0) is 24.3 Å². The molecule has 1 heterocycles. The number of benzene rings is 2. The second kappa shape index (κ2) is 7.08. The molecule has 0 radical (unpaired) electrons. The smallest absolute Gasteiger partial charge is 0.293 e. The molecule has 0 spiro atoms. The number of para-hydroxylation sites is 1. The summed E-state index contributed by atoms with van der Waals surface area (Å²) in [6.45, 7) is 2.00. The van der Waals surface area contributed by atoms with Crippen LogP contribution in [0.1, 0.15) is 0 Å². The summed E-state index contributed by atoms with van der Waals surface area (Å²) in [6, 6.07) is 12.3. The van der Waals surface area contributed by atoms with Crippen LogP contribution in [0.25, 0.3) is 0 Å². The van der Waals surface area contributed by atoms with E-state index in [1.807, 2.05) is 4.90 Å². The van der Waals surface area contributed by atoms with Gasteiger partial charge in [0.15, 0.2) is 0 Å². The van der Waals surface area contributed by atoms with Crippen molar-refractivity contribution in [1.82, 2.24) is 0 Å². The number of anilines is 2. The van der Waals surface area contributed by atoms with E-state index in [9.17, 15) is 18.5 Å². The van der Waals surface area contributed by atoms with Crippen LogP contribution in [0.4, 0.5) is 17.1 Å². The second-order valence-corrected chi connectivity index (χ2v) is 7.16. The molecule has 0 aliphatic carbocycles. The molecule has 8 nitrogen and oxygen atoms in total. The zero-order valence-electron chi connectivity index (χ0n) is 13.3. The van der Waals surface area contributed by atoms with Crippen molar-refractivity contribution in [2.75, 3.05) is 35.9 Å².